The number of anilines is 2. The molecule has 0 saturated heterocycles. The van der Waals surface area contributed by atoms with Gasteiger partial charge in [-0.3, -0.25) is 0 Å². The molecule has 2 unspecified atom stereocenters. The third-order valence-electron chi connectivity index (χ3n) is 7.35. The Hall–Kier alpha value is -4.70. The van der Waals surface area contributed by atoms with Crippen molar-refractivity contribution < 1.29 is 9.47 Å². The first-order valence-corrected chi connectivity index (χ1v) is 13.1. The van der Waals surface area contributed by atoms with E-state index in [9.17, 15) is 0 Å². The van der Waals surface area contributed by atoms with Crippen molar-refractivity contribution in [3.05, 3.63) is 156 Å². The first kappa shape index (κ1) is 22.5. The van der Waals surface area contributed by atoms with Gasteiger partial charge >= 0.3 is 0 Å². The van der Waals surface area contributed by atoms with Crippen LogP contribution in [0.4, 0.5) is 11.4 Å². The lowest BCUT2D eigenvalue weighted by Crippen LogP contribution is -2.37. The molecule has 5 aromatic rings. The van der Waals surface area contributed by atoms with Crippen LogP contribution in [0.25, 0.3) is 0 Å². The summed E-state index contributed by atoms with van der Waals surface area (Å²) >= 11 is 0. The molecule has 7 rings (SSSR count). The summed E-state index contributed by atoms with van der Waals surface area (Å²) in [6, 6.07) is 46.3. The number of hydrogen-bond acceptors (Lipinski definition) is 4. The standard InChI is InChI=1S/C34H28N2O2/c1-3-11-25(12-4-1)33-35(23-27-15-7-9-17-31(27)37-33)29-19-21-30(22-20-29)36-24-28-16-8-10-18-32(28)38-34(36)26-13-5-2-6-14-26/h1-22,33-34H,23-24H2. The van der Waals surface area contributed by atoms with Gasteiger partial charge in [-0.15, -0.1) is 0 Å². The van der Waals surface area contributed by atoms with Crippen molar-refractivity contribution >= 4 is 11.4 Å². The topological polar surface area (TPSA) is 24.9 Å². The predicted octanol–water partition coefficient (Wildman–Crippen LogP) is 7.88. The van der Waals surface area contributed by atoms with E-state index in [1.807, 2.05) is 24.3 Å². The van der Waals surface area contributed by atoms with Gasteiger partial charge in [0.05, 0.1) is 13.1 Å². The molecule has 2 aliphatic rings. The van der Waals surface area contributed by atoms with E-state index in [0.29, 0.717) is 0 Å². The Kier molecular flexibility index (Phi) is 5.71. The second-order valence-corrected chi connectivity index (χ2v) is 9.75. The number of para-hydroxylation sites is 2. The quantitative estimate of drug-likeness (QED) is 0.253. The van der Waals surface area contributed by atoms with Crippen LogP contribution in [0.5, 0.6) is 11.5 Å². The molecule has 0 bridgehead atoms. The Morgan fingerprint density at radius 1 is 0.421 bits per heavy atom. The molecule has 2 aliphatic heterocycles. The van der Waals surface area contributed by atoms with E-state index in [0.717, 1.165) is 47.1 Å². The summed E-state index contributed by atoms with van der Waals surface area (Å²) in [5.41, 5.74) is 6.88. The van der Waals surface area contributed by atoms with E-state index in [-0.39, 0.29) is 12.5 Å². The molecule has 2 atom stereocenters. The van der Waals surface area contributed by atoms with Gasteiger partial charge in [-0.2, -0.15) is 0 Å². The second kappa shape index (κ2) is 9.64. The summed E-state index contributed by atoms with van der Waals surface area (Å²) in [6.07, 6.45) is -0.390. The number of nitrogens with zero attached hydrogens (tertiary/aromatic N) is 2. The minimum Gasteiger partial charge on any atom is -0.466 e. The molecule has 4 nitrogen and oxygen atoms in total. The van der Waals surface area contributed by atoms with E-state index in [1.165, 1.54) is 11.1 Å². The van der Waals surface area contributed by atoms with E-state index in [2.05, 4.69) is 119 Å². The van der Waals surface area contributed by atoms with Crippen LogP contribution in [-0.4, -0.2) is 0 Å². The Morgan fingerprint density at radius 3 is 1.21 bits per heavy atom. The average Bonchev–Trinajstić information content (AvgIpc) is 3.01. The molecule has 0 fully saturated rings. The van der Waals surface area contributed by atoms with Gasteiger partial charge in [0.25, 0.3) is 0 Å². The van der Waals surface area contributed by atoms with Gasteiger partial charge in [0.15, 0.2) is 12.5 Å². The molecular weight excluding hydrogens is 468 g/mol. The van der Waals surface area contributed by atoms with Crippen molar-refractivity contribution in [1.29, 1.82) is 0 Å². The van der Waals surface area contributed by atoms with Crippen molar-refractivity contribution in [1.82, 2.24) is 0 Å². The molecule has 5 aromatic carbocycles. The van der Waals surface area contributed by atoms with Crippen LogP contribution in [0, 0.1) is 0 Å². The largest absolute Gasteiger partial charge is 0.466 e. The zero-order chi connectivity index (χ0) is 25.3. The highest BCUT2D eigenvalue weighted by atomic mass is 16.5. The summed E-state index contributed by atoms with van der Waals surface area (Å²) in [6.45, 7) is 1.56. The molecule has 0 saturated carbocycles. The van der Waals surface area contributed by atoms with Crippen LogP contribution < -0.4 is 19.3 Å². The zero-order valence-corrected chi connectivity index (χ0v) is 21.0. The second-order valence-electron chi connectivity index (χ2n) is 9.75. The smallest absolute Gasteiger partial charge is 0.199 e. The number of benzene rings is 5. The highest BCUT2D eigenvalue weighted by molar-refractivity contribution is 5.60. The molecule has 0 amide bonds. The number of rotatable bonds is 4. The maximum absolute atomic E-state index is 6.54. The molecule has 0 aromatic heterocycles. The van der Waals surface area contributed by atoms with Crippen molar-refractivity contribution in [2.45, 2.75) is 25.5 Å². The van der Waals surface area contributed by atoms with E-state index >= 15 is 0 Å². The lowest BCUT2D eigenvalue weighted by molar-refractivity contribution is 0.178. The number of hydrogen-bond donors (Lipinski definition) is 0. The minimum absolute atomic E-state index is 0.195. The first-order valence-electron chi connectivity index (χ1n) is 13.1. The van der Waals surface area contributed by atoms with Crippen LogP contribution in [-0.2, 0) is 13.1 Å². The van der Waals surface area contributed by atoms with Crippen molar-refractivity contribution in [3.63, 3.8) is 0 Å². The Morgan fingerprint density at radius 2 is 0.789 bits per heavy atom. The Bertz CT molecular complexity index is 1420. The predicted molar refractivity (Wildman–Crippen MR) is 151 cm³/mol. The summed E-state index contributed by atoms with van der Waals surface area (Å²) < 4.78 is 13.1. The first-order chi connectivity index (χ1) is 18.8. The molecule has 4 heteroatoms. The van der Waals surface area contributed by atoms with Gasteiger partial charge in [-0.1, -0.05) is 97.1 Å². The number of fused-ring (bicyclic) bond motifs is 2. The lowest BCUT2D eigenvalue weighted by atomic mass is 10.1. The molecule has 38 heavy (non-hydrogen) atoms. The van der Waals surface area contributed by atoms with Crippen molar-refractivity contribution in [2.75, 3.05) is 9.80 Å². The van der Waals surface area contributed by atoms with E-state index < -0.39 is 0 Å². The fourth-order valence-electron chi connectivity index (χ4n) is 5.42. The normalized spacial score (nSPS) is 18.1. The summed E-state index contributed by atoms with van der Waals surface area (Å²) in [7, 11) is 0. The summed E-state index contributed by atoms with van der Waals surface area (Å²) in [5, 5.41) is 0. The highest BCUT2D eigenvalue weighted by Gasteiger charge is 2.31. The van der Waals surface area contributed by atoms with Gasteiger partial charge in [-0.05, 0) is 36.4 Å². The third-order valence-corrected chi connectivity index (χ3v) is 7.35. The van der Waals surface area contributed by atoms with Gasteiger partial charge in [0, 0.05) is 33.6 Å². The zero-order valence-electron chi connectivity index (χ0n) is 21.0. The van der Waals surface area contributed by atoms with Crippen molar-refractivity contribution in [2.24, 2.45) is 0 Å². The van der Waals surface area contributed by atoms with Crippen LogP contribution >= 0.6 is 0 Å². The SMILES string of the molecule is c1ccc(C2Oc3ccccc3CN2c2ccc(N3Cc4ccccc4OC3c3ccccc3)cc2)cc1. The molecule has 0 radical (unpaired) electrons. The fraction of sp³-hybridized carbons (Fsp3) is 0.118. The Balaban J connectivity index is 1.24. The van der Waals surface area contributed by atoms with Gasteiger partial charge in [-0.25, -0.2) is 0 Å². The molecule has 186 valence electrons. The Labute approximate surface area is 223 Å². The molecular formula is C34H28N2O2. The van der Waals surface area contributed by atoms with Crippen molar-refractivity contribution in [3.8, 4) is 11.5 Å². The minimum atomic E-state index is -0.195. The summed E-state index contributed by atoms with van der Waals surface area (Å²) in [5.74, 6) is 1.90. The van der Waals surface area contributed by atoms with Crippen LogP contribution in [0.2, 0.25) is 0 Å². The molecule has 0 spiro atoms. The van der Waals surface area contributed by atoms with Crippen LogP contribution in [0.1, 0.15) is 34.7 Å². The molecule has 0 N–H and O–H groups in total. The number of ether oxygens (including phenoxy) is 2. The van der Waals surface area contributed by atoms with E-state index in [1.54, 1.807) is 0 Å². The summed E-state index contributed by atoms with van der Waals surface area (Å²) in [4.78, 5) is 4.66. The molecule has 2 heterocycles. The van der Waals surface area contributed by atoms with Crippen LogP contribution in [0.15, 0.2) is 133 Å². The fourth-order valence-corrected chi connectivity index (χ4v) is 5.42. The average molecular weight is 497 g/mol. The monoisotopic (exact) mass is 496 g/mol. The van der Waals surface area contributed by atoms with Gasteiger partial charge in [0.1, 0.15) is 11.5 Å². The maximum atomic E-state index is 6.54. The van der Waals surface area contributed by atoms with Crippen LogP contribution in [0.3, 0.4) is 0 Å². The maximum Gasteiger partial charge on any atom is 0.199 e. The highest BCUT2D eigenvalue weighted by Crippen LogP contribution is 2.41. The van der Waals surface area contributed by atoms with Gasteiger partial charge < -0.3 is 19.3 Å². The third kappa shape index (κ3) is 4.14. The molecule has 0 aliphatic carbocycles. The van der Waals surface area contributed by atoms with E-state index in [4.69, 9.17) is 9.47 Å². The lowest BCUT2D eigenvalue weighted by Gasteiger charge is -2.40. The van der Waals surface area contributed by atoms with Gasteiger partial charge in [0.2, 0.25) is 0 Å².